The summed E-state index contributed by atoms with van der Waals surface area (Å²) in [5, 5.41) is 10.1. The Morgan fingerprint density at radius 1 is 1.21 bits per heavy atom. The number of aliphatic hydroxyl groups is 1. The summed E-state index contributed by atoms with van der Waals surface area (Å²) in [4.78, 5) is 21.3. The Hall–Kier alpha value is -2.39. The molecular formula is C25H34F3N3O3. The Labute approximate surface area is 199 Å². The summed E-state index contributed by atoms with van der Waals surface area (Å²) in [5.41, 5.74) is 0.194. The van der Waals surface area contributed by atoms with E-state index in [2.05, 4.69) is 11.6 Å². The van der Waals surface area contributed by atoms with E-state index in [0.29, 0.717) is 63.5 Å². The minimum absolute atomic E-state index is 0.131. The second kappa shape index (κ2) is 10.5. The first-order valence-electron chi connectivity index (χ1n) is 11.6. The quantitative estimate of drug-likeness (QED) is 0.620. The predicted octanol–water partition coefficient (Wildman–Crippen LogP) is 4.70. The van der Waals surface area contributed by atoms with Crippen LogP contribution in [-0.4, -0.2) is 71.6 Å². The van der Waals surface area contributed by atoms with Gasteiger partial charge in [0, 0.05) is 55.8 Å². The van der Waals surface area contributed by atoms with E-state index in [-0.39, 0.29) is 17.9 Å². The molecule has 1 aromatic rings. The minimum atomic E-state index is -4.43. The van der Waals surface area contributed by atoms with Gasteiger partial charge < -0.3 is 19.6 Å². The van der Waals surface area contributed by atoms with Crippen LogP contribution in [0.1, 0.15) is 50.7 Å². The standard InChI is InChI=1S/C25H34F3N3O3/c1-17(14-24(3,4)33)29-18(2)20-12-21(19-6-5-7-22(13-19)25(26,27)28)16-31(15-20)23(32)30-8-10-34-11-9-30/h5-7,13,20-21,33H,1,8-12,14-16H2,2-4H3. The molecule has 2 aliphatic heterocycles. The number of aliphatic imine (C=N–C) groups is 1. The van der Waals surface area contributed by atoms with Crippen LogP contribution in [0.25, 0.3) is 0 Å². The summed E-state index contributed by atoms with van der Waals surface area (Å²) < 4.78 is 45.3. The van der Waals surface area contributed by atoms with Crippen molar-refractivity contribution >= 4 is 11.7 Å². The number of benzene rings is 1. The van der Waals surface area contributed by atoms with Crippen LogP contribution in [0.5, 0.6) is 0 Å². The van der Waals surface area contributed by atoms with Crippen molar-refractivity contribution in [2.24, 2.45) is 10.9 Å². The predicted molar refractivity (Wildman–Crippen MR) is 125 cm³/mol. The molecule has 2 amide bonds. The first kappa shape index (κ1) is 26.2. The highest BCUT2D eigenvalue weighted by molar-refractivity contribution is 5.86. The Morgan fingerprint density at radius 3 is 2.50 bits per heavy atom. The van der Waals surface area contributed by atoms with Crippen LogP contribution < -0.4 is 0 Å². The average Bonchev–Trinajstić information content (AvgIpc) is 2.77. The fourth-order valence-electron chi connectivity index (χ4n) is 4.60. The summed E-state index contributed by atoms with van der Waals surface area (Å²) in [5.74, 6) is -0.407. The largest absolute Gasteiger partial charge is 0.416 e. The lowest BCUT2D eigenvalue weighted by atomic mass is 9.82. The Morgan fingerprint density at radius 2 is 1.88 bits per heavy atom. The van der Waals surface area contributed by atoms with Crippen LogP contribution in [0.4, 0.5) is 18.0 Å². The van der Waals surface area contributed by atoms with Gasteiger partial charge in [0.05, 0.1) is 24.4 Å². The molecule has 3 rings (SSSR count). The molecule has 2 atom stereocenters. The zero-order valence-electron chi connectivity index (χ0n) is 20.1. The maximum absolute atomic E-state index is 13.3. The van der Waals surface area contributed by atoms with Crippen molar-refractivity contribution in [1.82, 2.24) is 9.80 Å². The second-order valence-corrected chi connectivity index (χ2v) is 9.85. The van der Waals surface area contributed by atoms with Gasteiger partial charge in [-0.3, -0.25) is 4.99 Å². The Bertz CT molecular complexity index is 918. The Kier molecular flexibility index (Phi) is 8.08. The first-order valence-corrected chi connectivity index (χ1v) is 11.6. The molecule has 188 valence electrons. The highest BCUT2D eigenvalue weighted by atomic mass is 19.4. The van der Waals surface area contributed by atoms with Gasteiger partial charge in [0.15, 0.2) is 0 Å². The number of carbonyl (C=O) groups excluding carboxylic acids is 1. The van der Waals surface area contributed by atoms with E-state index < -0.39 is 17.3 Å². The molecule has 2 aliphatic rings. The second-order valence-electron chi connectivity index (χ2n) is 9.85. The van der Waals surface area contributed by atoms with Gasteiger partial charge >= 0.3 is 12.2 Å². The maximum Gasteiger partial charge on any atom is 0.416 e. The number of urea groups is 1. The van der Waals surface area contributed by atoms with Gasteiger partial charge in [-0.1, -0.05) is 24.8 Å². The summed E-state index contributed by atoms with van der Waals surface area (Å²) in [6.45, 7) is 11.8. The summed E-state index contributed by atoms with van der Waals surface area (Å²) in [7, 11) is 0. The van der Waals surface area contributed by atoms with Gasteiger partial charge in [-0.25, -0.2) is 4.79 Å². The van der Waals surface area contributed by atoms with E-state index in [4.69, 9.17) is 4.74 Å². The number of alkyl halides is 3. The molecule has 2 heterocycles. The molecule has 0 saturated carbocycles. The van der Waals surface area contributed by atoms with Crippen molar-refractivity contribution in [3.8, 4) is 0 Å². The number of amides is 2. The van der Waals surface area contributed by atoms with Gasteiger partial charge in [-0.2, -0.15) is 13.2 Å². The average molecular weight is 482 g/mol. The van der Waals surface area contributed by atoms with Gasteiger partial charge in [-0.15, -0.1) is 0 Å². The summed E-state index contributed by atoms with van der Waals surface area (Å²) in [6.07, 6.45) is -3.57. The van der Waals surface area contributed by atoms with E-state index in [1.54, 1.807) is 29.7 Å². The summed E-state index contributed by atoms with van der Waals surface area (Å²) in [6, 6.07) is 5.23. The summed E-state index contributed by atoms with van der Waals surface area (Å²) >= 11 is 0. The highest BCUT2D eigenvalue weighted by Gasteiger charge is 2.36. The number of hydrogen-bond donors (Lipinski definition) is 1. The van der Waals surface area contributed by atoms with Crippen LogP contribution in [0.15, 0.2) is 41.5 Å². The molecule has 0 spiro atoms. The van der Waals surface area contributed by atoms with Gasteiger partial charge in [0.2, 0.25) is 0 Å². The van der Waals surface area contributed by atoms with Crippen molar-refractivity contribution in [3.05, 3.63) is 47.7 Å². The van der Waals surface area contributed by atoms with Gasteiger partial charge in [0.25, 0.3) is 0 Å². The number of halogens is 3. The number of morpholine rings is 1. The third kappa shape index (κ3) is 7.06. The molecule has 6 nitrogen and oxygen atoms in total. The molecule has 0 radical (unpaired) electrons. The van der Waals surface area contributed by atoms with Crippen molar-refractivity contribution in [3.63, 3.8) is 0 Å². The lowest BCUT2D eigenvalue weighted by Gasteiger charge is -2.41. The van der Waals surface area contributed by atoms with E-state index >= 15 is 0 Å². The lowest BCUT2D eigenvalue weighted by Crippen LogP contribution is -2.53. The SMILES string of the molecule is C=C(CC(C)(C)O)N=C(C)C1CC(c2cccc(C(F)(F)F)c2)CN(C(=O)N2CCOCC2)C1. The van der Waals surface area contributed by atoms with Crippen LogP contribution in [0, 0.1) is 5.92 Å². The van der Waals surface area contributed by atoms with Gasteiger partial charge in [-0.05, 0) is 38.8 Å². The number of piperidine rings is 1. The molecular weight excluding hydrogens is 447 g/mol. The molecule has 2 unspecified atom stereocenters. The van der Waals surface area contributed by atoms with Crippen LogP contribution in [-0.2, 0) is 10.9 Å². The minimum Gasteiger partial charge on any atom is -0.390 e. The van der Waals surface area contributed by atoms with Crippen LogP contribution in [0.3, 0.4) is 0 Å². The number of nitrogens with zero attached hydrogens (tertiary/aromatic N) is 3. The topological polar surface area (TPSA) is 65.4 Å². The van der Waals surface area contributed by atoms with Crippen molar-refractivity contribution < 1.29 is 27.8 Å². The fraction of sp³-hybridized carbons (Fsp3) is 0.600. The molecule has 1 N–H and O–H groups in total. The van der Waals surface area contributed by atoms with Crippen LogP contribution in [0.2, 0.25) is 0 Å². The van der Waals surface area contributed by atoms with E-state index in [0.717, 1.165) is 11.8 Å². The smallest absolute Gasteiger partial charge is 0.390 e. The molecule has 2 saturated heterocycles. The Balaban J connectivity index is 1.87. The molecule has 1 aromatic carbocycles. The van der Waals surface area contributed by atoms with E-state index in [1.165, 1.54) is 12.1 Å². The molecule has 2 fully saturated rings. The first-order chi connectivity index (χ1) is 15.8. The monoisotopic (exact) mass is 481 g/mol. The number of rotatable bonds is 5. The number of likely N-dealkylation sites (tertiary alicyclic amines) is 1. The normalized spacial score (nSPS) is 22.6. The zero-order valence-corrected chi connectivity index (χ0v) is 20.1. The van der Waals surface area contributed by atoms with E-state index in [9.17, 15) is 23.1 Å². The van der Waals surface area contributed by atoms with Crippen molar-refractivity contribution in [2.75, 3.05) is 39.4 Å². The molecule has 0 aromatic heterocycles. The number of ether oxygens (including phenoxy) is 1. The third-order valence-electron chi connectivity index (χ3n) is 6.25. The number of hydrogen-bond acceptors (Lipinski definition) is 4. The van der Waals surface area contributed by atoms with Crippen molar-refractivity contribution in [1.29, 1.82) is 0 Å². The molecule has 34 heavy (non-hydrogen) atoms. The number of carbonyl (C=O) groups is 1. The van der Waals surface area contributed by atoms with Crippen molar-refractivity contribution in [2.45, 2.75) is 51.3 Å². The zero-order chi connectivity index (χ0) is 25.1. The van der Waals surface area contributed by atoms with E-state index in [1.807, 2.05) is 6.92 Å². The fourth-order valence-corrected chi connectivity index (χ4v) is 4.60. The third-order valence-corrected chi connectivity index (χ3v) is 6.25. The maximum atomic E-state index is 13.3. The highest BCUT2D eigenvalue weighted by Crippen LogP contribution is 2.36. The lowest BCUT2D eigenvalue weighted by molar-refractivity contribution is -0.137. The van der Waals surface area contributed by atoms with Crippen LogP contribution >= 0.6 is 0 Å². The molecule has 0 bridgehead atoms. The van der Waals surface area contributed by atoms with Gasteiger partial charge in [0.1, 0.15) is 0 Å². The molecule has 0 aliphatic carbocycles. The molecule has 9 heteroatoms.